The fraction of sp³-hybridized carbons (Fsp3) is 0.533. The van der Waals surface area contributed by atoms with Gasteiger partial charge < -0.3 is 11.1 Å². The molecule has 0 radical (unpaired) electrons. The predicted molar refractivity (Wildman–Crippen MR) is 82.5 cm³/mol. The molecule has 4 heteroatoms. The van der Waals surface area contributed by atoms with E-state index in [-0.39, 0.29) is 30.4 Å². The summed E-state index contributed by atoms with van der Waals surface area (Å²) >= 11 is 0. The molecule has 0 aromatic heterocycles. The molecule has 0 aliphatic rings. The maximum Gasteiger partial charge on any atom is 0.220 e. The minimum atomic E-state index is 0. The average molecular weight is 285 g/mol. The van der Waals surface area contributed by atoms with Crippen LogP contribution in [0, 0.1) is 0 Å². The van der Waals surface area contributed by atoms with Gasteiger partial charge in [-0.1, -0.05) is 37.3 Å². The summed E-state index contributed by atoms with van der Waals surface area (Å²) in [5.74, 6) is 0.107. The van der Waals surface area contributed by atoms with Crippen molar-refractivity contribution in [2.24, 2.45) is 5.73 Å². The number of hydrogen-bond acceptors (Lipinski definition) is 2. The van der Waals surface area contributed by atoms with Gasteiger partial charge in [-0.2, -0.15) is 0 Å². The standard InChI is InChI=1S/C15H24N2O.ClH/c1-3-14(11-13-7-5-4-6-8-13)17-15(18)10-9-12(2)16;/h4-8,12,14H,3,9-11,16H2,1-2H3,(H,17,18);1H. The van der Waals surface area contributed by atoms with Crippen molar-refractivity contribution in [1.29, 1.82) is 0 Å². The molecule has 1 amide bonds. The summed E-state index contributed by atoms with van der Waals surface area (Å²) in [7, 11) is 0. The third-order valence-electron chi connectivity index (χ3n) is 3.01. The SMILES string of the molecule is CCC(Cc1ccccc1)NC(=O)CCC(C)N.Cl. The quantitative estimate of drug-likeness (QED) is 0.809. The van der Waals surface area contributed by atoms with Gasteiger partial charge in [-0.05, 0) is 31.7 Å². The van der Waals surface area contributed by atoms with E-state index in [2.05, 4.69) is 24.4 Å². The van der Waals surface area contributed by atoms with E-state index in [0.717, 1.165) is 19.3 Å². The number of carbonyl (C=O) groups is 1. The van der Waals surface area contributed by atoms with Crippen LogP contribution in [-0.4, -0.2) is 18.0 Å². The zero-order valence-corrected chi connectivity index (χ0v) is 12.6. The van der Waals surface area contributed by atoms with Crippen molar-refractivity contribution in [1.82, 2.24) is 5.32 Å². The van der Waals surface area contributed by atoms with Gasteiger partial charge >= 0.3 is 0 Å². The van der Waals surface area contributed by atoms with E-state index >= 15 is 0 Å². The number of amides is 1. The summed E-state index contributed by atoms with van der Waals surface area (Å²) in [6.45, 7) is 4.02. The van der Waals surface area contributed by atoms with Gasteiger partial charge in [0.1, 0.15) is 0 Å². The molecule has 108 valence electrons. The summed E-state index contributed by atoms with van der Waals surface area (Å²) in [4.78, 5) is 11.7. The molecule has 0 heterocycles. The number of halogens is 1. The first-order valence-corrected chi connectivity index (χ1v) is 6.70. The molecule has 3 N–H and O–H groups in total. The van der Waals surface area contributed by atoms with Crippen LogP contribution in [-0.2, 0) is 11.2 Å². The van der Waals surface area contributed by atoms with Gasteiger partial charge in [0.25, 0.3) is 0 Å². The predicted octanol–water partition coefficient (Wildman–Crippen LogP) is 2.67. The first-order chi connectivity index (χ1) is 8.61. The van der Waals surface area contributed by atoms with Crippen LogP contribution in [0.3, 0.4) is 0 Å². The van der Waals surface area contributed by atoms with Crippen molar-refractivity contribution in [2.45, 2.75) is 51.6 Å². The lowest BCUT2D eigenvalue weighted by atomic mass is 10.0. The number of carbonyl (C=O) groups excluding carboxylic acids is 1. The van der Waals surface area contributed by atoms with Gasteiger partial charge in [0.2, 0.25) is 5.91 Å². The summed E-state index contributed by atoms with van der Waals surface area (Å²) < 4.78 is 0. The lowest BCUT2D eigenvalue weighted by Crippen LogP contribution is -2.36. The smallest absolute Gasteiger partial charge is 0.220 e. The minimum absolute atomic E-state index is 0. The van der Waals surface area contributed by atoms with E-state index < -0.39 is 0 Å². The number of benzene rings is 1. The molecule has 2 unspecified atom stereocenters. The Balaban J connectivity index is 0.00000324. The van der Waals surface area contributed by atoms with Gasteiger partial charge in [-0.25, -0.2) is 0 Å². The Kier molecular flexibility index (Phi) is 9.27. The van der Waals surface area contributed by atoms with Crippen molar-refractivity contribution in [3.05, 3.63) is 35.9 Å². The van der Waals surface area contributed by atoms with Crippen LogP contribution in [0.1, 0.15) is 38.7 Å². The van der Waals surface area contributed by atoms with Crippen LogP contribution in [0.5, 0.6) is 0 Å². The Morgan fingerprint density at radius 3 is 2.47 bits per heavy atom. The first kappa shape index (κ1) is 17.9. The number of rotatable bonds is 7. The van der Waals surface area contributed by atoms with E-state index in [9.17, 15) is 4.79 Å². The summed E-state index contributed by atoms with van der Waals surface area (Å²) in [5, 5.41) is 3.08. The van der Waals surface area contributed by atoms with Crippen molar-refractivity contribution in [3.8, 4) is 0 Å². The van der Waals surface area contributed by atoms with E-state index in [0.29, 0.717) is 6.42 Å². The van der Waals surface area contributed by atoms with Gasteiger partial charge in [0.05, 0.1) is 0 Å². The molecule has 1 aromatic rings. The fourth-order valence-corrected chi connectivity index (χ4v) is 1.85. The van der Waals surface area contributed by atoms with Gasteiger partial charge in [-0.3, -0.25) is 4.79 Å². The maximum atomic E-state index is 11.7. The average Bonchev–Trinajstić information content (AvgIpc) is 2.37. The zero-order valence-electron chi connectivity index (χ0n) is 11.8. The molecule has 2 atom stereocenters. The van der Waals surface area contributed by atoms with Crippen molar-refractivity contribution < 1.29 is 4.79 Å². The van der Waals surface area contributed by atoms with Crippen molar-refractivity contribution >= 4 is 18.3 Å². The summed E-state index contributed by atoms with van der Waals surface area (Å²) in [6, 6.07) is 10.6. The highest BCUT2D eigenvalue weighted by atomic mass is 35.5. The topological polar surface area (TPSA) is 55.1 Å². The molecule has 3 nitrogen and oxygen atoms in total. The Bertz CT molecular complexity index is 354. The van der Waals surface area contributed by atoms with Crippen LogP contribution >= 0.6 is 12.4 Å². The van der Waals surface area contributed by atoms with E-state index in [1.54, 1.807) is 0 Å². The van der Waals surface area contributed by atoms with Crippen molar-refractivity contribution in [3.63, 3.8) is 0 Å². The Morgan fingerprint density at radius 1 is 1.32 bits per heavy atom. The van der Waals surface area contributed by atoms with Crippen LogP contribution in [0.25, 0.3) is 0 Å². The molecule has 19 heavy (non-hydrogen) atoms. The van der Waals surface area contributed by atoms with E-state index in [1.165, 1.54) is 5.56 Å². The second-order valence-corrected chi connectivity index (χ2v) is 4.88. The normalized spacial score (nSPS) is 13.2. The van der Waals surface area contributed by atoms with Gasteiger partial charge in [0.15, 0.2) is 0 Å². The van der Waals surface area contributed by atoms with Crippen LogP contribution in [0.4, 0.5) is 0 Å². The van der Waals surface area contributed by atoms with Crippen LogP contribution in [0.15, 0.2) is 30.3 Å². The Hall–Kier alpha value is -1.06. The fourth-order valence-electron chi connectivity index (χ4n) is 1.85. The third kappa shape index (κ3) is 7.85. The monoisotopic (exact) mass is 284 g/mol. The van der Waals surface area contributed by atoms with Crippen LogP contribution < -0.4 is 11.1 Å². The molecule has 0 spiro atoms. The maximum absolute atomic E-state index is 11.7. The van der Waals surface area contributed by atoms with Gasteiger partial charge in [0, 0.05) is 18.5 Å². The lowest BCUT2D eigenvalue weighted by molar-refractivity contribution is -0.122. The first-order valence-electron chi connectivity index (χ1n) is 6.70. The molecule has 0 aliphatic carbocycles. The molecular formula is C15H25ClN2O. The largest absolute Gasteiger partial charge is 0.353 e. The highest BCUT2D eigenvalue weighted by Gasteiger charge is 2.11. The molecule has 0 aliphatic heterocycles. The lowest BCUT2D eigenvalue weighted by Gasteiger charge is -2.17. The number of nitrogens with two attached hydrogens (primary N) is 1. The Morgan fingerprint density at radius 2 is 1.95 bits per heavy atom. The molecule has 0 saturated carbocycles. The van der Waals surface area contributed by atoms with Crippen molar-refractivity contribution in [2.75, 3.05) is 0 Å². The number of nitrogens with one attached hydrogen (secondary N) is 1. The molecule has 0 fully saturated rings. The molecule has 0 saturated heterocycles. The highest BCUT2D eigenvalue weighted by molar-refractivity contribution is 5.85. The van der Waals surface area contributed by atoms with E-state index in [4.69, 9.17) is 5.73 Å². The summed E-state index contributed by atoms with van der Waals surface area (Å²) in [6.07, 6.45) is 3.09. The van der Waals surface area contributed by atoms with E-state index in [1.807, 2.05) is 25.1 Å². The third-order valence-corrected chi connectivity index (χ3v) is 3.01. The second kappa shape index (κ2) is 9.82. The van der Waals surface area contributed by atoms with Gasteiger partial charge in [-0.15, -0.1) is 12.4 Å². The molecular weight excluding hydrogens is 260 g/mol. The Labute approximate surface area is 122 Å². The highest BCUT2D eigenvalue weighted by Crippen LogP contribution is 2.06. The molecule has 1 rings (SSSR count). The zero-order chi connectivity index (χ0) is 13.4. The molecule has 1 aromatic carbocycles. The minimum Gasteiger partial charge on any atom is -0.353 e. The van der Waals surface area contributed by atoms with Crippen LogP contribution in [0.2, 0.25) is 0 Å². The summed E-state index contributed by atoms with van der Waals surface area (Å²) in [5.41, 5.74) is 6.91. The number of hydrogen-bond donors (Lipinski definition) is 2. The molecule has 0 bridgehead atoms. The second-order valence-electron chi connectivity index (χ2n) is 4.88.